The fraction of sp³-hybridized carbons (Fsp3) is 0. The Labute approximate surface area is 299 Å². The van der Waals surface area contributed by atoms with Crippen molar-refractivity contribution < 1.29 is 4.42 Å². The molecule has 4 heterocycles. The Morgan fingerprint density at radius 3 is 1.80 bits per heavy atom. The molecule has 0 atom stereocenters. The summed E-state index contributed by atoms with van der Waals surface area (Å²) >= 11 is 3.64. The van der Waals surface area contributed by atoms with Crippen LogP contribution in [0.5, 0.6) is 0 Å². The van der Waals surface area contributed by atoms with Crippen molar-refractivity contribution in [2.24, 2.45) is 0 Å². The Balaban J connectivity index is 1.11. The normalized spacial score (nSPS) is 11.9. The highest BCUT2D eigenvalue weighted by Gasteiger charge is 2.19. The van der Waals surface area contributed by atoms with E-state index in [1.54, 1.807) is 11.3 Å². The molecule has 0 radical (unpaired) electrons. The molecule has 0 amide bonds. The molecule has 0 saturated carbocycles. The van der Waals surface area contributed by atoms with E-state index in [2.05, 4.69) is 109 Å². The fourth-order valence-corrected chi connectivity index (χ4v) is 9.54. The van der Waals surface area contributed by atoms with Crippen LogP contribution >= 0.6 is 22.7 Å². The van der Waals surface area contributed by atoms with Gasteiger partial charge in [-0.1, -0.05) is 97.1 Å². The first-order valence-corrected chi connectivity index (χ1v) is 18.5. The molecule has 7 aromatic carbocycles. The quantitative estimate of drug-likeness (QED) is 0.185. The molecule has 0 saturated heterocycles. The van der Waals surface area contributed by atoms with Crippen molar-refractivity contribution in [3.8, 4) is 45.3 Å². The molecular formula is C45H25N3OS2. The summed E-state index contributed by atoms with van der Waals surface area (Å²) in [6.07, 6.45) is 0. The van der Waals surface area contributed by atoms with E-state index in [0.29, 0.717) is 17.5 Å². The molecule has 238 valence electrons. The van der Waals surface area contributed by atoms with Crippen molar-refractivity contribution in [1.82, 2.24) is 15.0 Å². The highest BCUT2D eigenvalue weighted by molar-refractivity contribution is 7.26. The van der Waals surface area contributed by atoms with E-state index >= 15 is 0 Å². The SMILES string of the molecule is c1ccc(-c2nc(-c3ccc4sc5ccccc5c4c3)nc(-c3cccc4oc5ccc(-c6ccc7c(c6)sc6ccccc67)cc5c34)n2)cc1. The van der Waals surface area contributed by atoms with Crippen LogP contribution in [0, 0.1) is 0 Å². The van der Waals surface area contributed by atoms with Crippen LogP contribution in [0.2, 0.25) is 0 Å². The second kappa shape index (κ2) is 11.2. The number of nitrogens with zero attached hydrogens (tertiary/aromatic N) is 3. The van der Waals surface area contributed by atoms with Gasteiger partial charge in [0, 0.05) is 67.8 Å². The molecule has 51 heavy (non-hydrogen) atoms. The second-order valence-electron chi connectivity index (χ2n) is 12.8. The van der Waals surface area contributed by atoms with Gasteiger partial charge in [0.05, 0.1) is 0 Å². The lowest BCUT2D eigenvalue weighted by molar-refractivity contribution is 0.669. The van der Waals surface area contributed by atoms with E-state index < -0.39 is 0 Å². The van der Waals surface area contributed by atoms with Crippen LogP contribution in [0.15, 0.2) is 156 Å². The molecular weight excluding hydrogens is 663 g/mol. The lowest BCUT2D eigenvalue weighted by Crippen LogP contribution is -2.00. The first-order chi connectivity index (χ1) is 25.2. The van der Waals surface area contributed by atoms with Crippen LogP contribution in [-0.2, 0) is 0 Å². The van der Waals surface area contributed by atoms with Gasteiger partial charge < -0.3 is 4.42 Å². The Morgan fingerprint density at radius 1 is 0.353 bits per heavy atom. The lowest BCUT2D eigenvalue weighted by atomic mass is 9.99. The molecule has 0 spiro atoms. The van der Waals surface area contributed by atoms with Crippen molar-refractivity contribution in [3.05, 3.63) is 152 Å². The van der Waals surface area contributed by atoms with E-state index in [0.717, 1.165) is 44.2 Å². The highest BCUT2D eigenvalue weighted by atomic mass is 32.1. The minimum atomic E-state index is 0.611. The number of aromatic nitrogens is 3. The van der Waals surface area contributed by atoms with Crippen LogP contribution < -0.4 is 0 Å². The fourth-order valence-electron chi connectivity index (χ4n) is 7.31. The topological polar surface area (TPSA) is 51.8 Å². The van der Waals surface area contributed by atoms with E-state index in [1.165, 1.54) is 45.9 Å². The van der Waals surface area contributed by atoms with Crippen molar-refractivity contribution in [2.45, 2.75) is 0 Å². The largest absolute Gasteiger partial charge is 0.456 e. The van der Waals surface area contributed by atoms with Gasteiger partial charge >= 0.3 is 0 Å². The van der Waals surface area contributed by atoms with Crippen LogP contribution in [0.3, 0.4) is 0 Å². The summed E-state index contributed by atoms with van der Waals surface area (Å²) in [6.45, 7) is 0. The summed E-state index contributed by atoms with van der Waals surface area (Å²) in [5.74, 6) is 1.88. The van der Waals surface area contributed by atoms with Crippen LogP contribution in [-0.4, -0.2) is 15.0 Å². The summed E-state index contributed by atoms with van der Waals surface area (Å²) in [5, 5.41) is 7.08. The van der Waals surface area contributed by atoms with Gasteiger partial charge in [0.2, 0.25) is 0 Å². The van der Waals surface area contributed by atoms with Crippen molar-refractivity contribution in [3.63, 3.8) is 0 Å². The summed E-state index contributed by atoms with van der Waals surface area (Å²) in [6, 6.07) is 53.2. The summed E-state index contributed by atoms with van der Waals surface area (Å²) in [4.78, 5) is 15.4. The molecule has 0 aliphatic rings. The summed E-state index contributed by atoms with van der Waals surface area (Å²) in [5.41, 5.74) is 6.74. The average Bonchev–Trinajstić information content (AvgIpc) is 3.88. The maximum absolute atomic E-state index is 6.46. The number of benzene rings is 7. The Hall–Kier alpha value is -6.21. The van der Waals surface area contributed by atoms with Gasteiger partial charge in [-0.05, 0) is 65.7 Å². The van der Waals surface area contributed by atoms with Gasteiger partial charge in [0.25, 0.3) is 0 Å². The standard InChI is InChI=1S/C45H25N3OS2/c1-2-9-26(10-3-1)43-46-44(29-19-22-40-34(24-29)31-12-5-7-16-39(31)50-40)48-45(47-43)33-13-8-14-37-42(33)35-23-27(18-21-36(35)49-37)28-17-20-32-30-11-4-6-15-38(30)51-41(32)25-28/h1-25H. The number of rotatable bonds is 4. The molecule has 0 fully saturated rings. The first-order valence-electron chi connectivity index (χ1n) is 16.8. The van der Waals surface area contributed by atoms with Gasteiger partial charge in [0.1, 0.15) is 11.2 Å². The Kier molecular flexibility index (Phi) is 6.26. The van der Waals surface area contributed by atoms with Crippen LogP contribution in [0.1, 0.15) is 0 Å². The van der Waals surface area contributed by atoms with Crippen molar-refractivity contribution in [1.29, 1.82) is 0 Å². The zero-order chi connectivity index (χ0) is 33.5. The zero-order valence-corrected chi connectivity index (χ0v) is 28.6. The molecule has 0 aliphatic carbocycles. The number of hydrogen-bond acceptors (Lipinski definition) is 6. The molecule has 6 heteroatoms. The van der Waals surface area contributed by atoms with Gasteiger partial charge in [-0.2, -0.15) is 0 Å². The van der Waals surface area contributed by atoms with E-state index in [1.807, 2.05) is 53.8 Å². The molecule has 0 aliphatic heterocycles. The highest BCUT2D eigenvalue weighted by Crippen LogP contribution is 2.41. The van der Waals surface area contributed by atoms with Crippen LogP contribution in [0.4, 0.5) is 0 Å². The Bertz CT molecular complexity index is 3160. The van der Waals surface area contributed by atoms with Gasteiger partial charge in [-0.25, -0.2) is 15.0 Å². The van der Waals surface area contributed by atoms with Crippen molar-refractivity contribution in [2.75, 3.05) is 0 Å². The molecule has 11 rings (SSSR count). The average molecular weight is 688 g/mol. The molecule has 4 aromatic heterocycles. The van der Waals surface area contributed by atoms with E-state index in [4.69, 9.17) is 19.4 Å². The monoisotopic (exact) mass is 687 g/mol. The second-order valence-corrected chi connectivity index (χ2v) is 14.9. The van der Waals surface area contributed by atoms with Crippen molar-refractivity contribution >= 4 is 85.0 Å². The van der Waals surface area contributed by atoms with Gasteiger partial charge in [-0.3, -0.25) is 0 Å². The molecule has 0 unspecified atom stereocenters. The maximum Gasteiger partial charge on any atom is 0.164 e. The third-order valence-corrected chi connectivity index (χ3v) is 12.0. The summed E-state index contributed by atoms with van der Waals surface area (Å²) in [7, 11) is 0. The molecule has 4 nitrogen and oxygen atoms in total. The minimum Gasteiger partial charge on any atom is -0.456 e. The first kappa shape index (κ1) is 28.6. The van der Waals surface area contributed by atoms with Crippen LogP contribution in [0.25, 0.3) is 108 Å². The molecule has 0 N–H and O–H groups in total. The van der Waals surface area contributed by atoms with E-state index in [9.17, 15) is 0 Å². The minimum absolute atomic E-state index is 0.611. The predicted octanol–water partition coefficient (Wildman–Crippen LogP) is 13.2. The zero-order valence-electron chi connectivity index (χ0n) is 27.0. The number of hydrogen-bond donors (Lipinski definition) is 0. The molecule has 11 aromatic rings. The smallest absolute Gasteiger partial charge is 0.164 e. The summed E-state index contributed by atoms with van der Waals surface area (Å²) < 4.78 is 11.6. The predicted molar refractivity (Wildman–Crippen MR) is 215 cm³/mol. The van der Waals surface area contributed by atoms with Gasteiger partial charge in [0.15, 0.2) is 17.5 Å². The third-order valence-electron chi connectivity index (χ3n) is 9.75. The Morgan fingerprint density at radius 2 is 0.961 bits per heavy atom. The maximum atomic E-state index is 6.46. The number of furan rings is 1. The van der Waals surface area contributed by atoms with Gasteiger partial charge in [-0.15, -0.1) is 22.7 Å². The molecule has 0 bridgehead atoms. The number of fused-ring (bicyclic) bond motifs is 9. The lowest BCUT2D eigenvalue weighted by Gasteiger charge is -2.09. The number of thiophene rings is 2. The third kappa shape index (κ3) is 4.61. The van der Waals surface area contributed by atoms with E-state index in [-0.39, 0.29) is 0 Å².